The first-order valence-electron chi connectivity index (χ1n) is 18.5. The number of aliphatic hydroxyl groups excluding tert-OH is 2. The minimum Gasteiger partial charge on any atom is -0.511 e. The van der Waals surface area contributed by atoms with Crippen LogP contribution in [0, 0.1) is 28.1 Å². The van der Waals surface area contributed by atoms with Crippen LogP contribution in [0.3, 0.4) is 0 Å². The molecule has 0 bridgehead atoms. The fourth-order valence-corrected chi connectivity index (χ4v) is 9.68. The number of rotatable bonds is 10. The fourth-order valence-electron chi connectivity index (χ4n) is 9.68. The number of ether oxygens (including phenoxy) is 1. The molecule has 0 saturated heterocycles. The summed E-state index contributed by atoms with van der Waals surface area (Å²) in [5.74, 6) is -4.58. The summed E-state index contributed by atoms with van der Waals surface area (Å²) in [6.45, 7) is 16.3. The smallest absolute Gasteiger partial charge is 0.309 e. The standard InChI is InChI=1S/C42H54O10/c1-9-11-28(44)32-33(45)24-14-16-29(22(3)12-15-27-21(2)13-17-30-41(27,7)18-10-19-42(30,8)39(50)51)52-36(24)25(34(32)46)20-26-35(47)31(23(4)43)38(49)40(5,6)37(26)48/h12,27,29-30,45-48H,2,9-11,13-20H2,1,3-8H3,(H,50,51). The third-order valence-corrected chi connectivity index (χ3v) is 12.9. The minimum absolute atomic E-state index is 0.0196. The summed E-state index contributed by atoms with van der Waals surface area (Å²) in [5, 5.41) is 55.8. The van der Waals surface area contributed by atoms with Crippen LogP contribution in [0.5, 0.6) is 17.2 Å². The minimum atomic E-state index is -1.56. The maximum absolute atomic E-state index is 13.3. The van der Waals surface area contributed by atoms with E-state index in [9.17, 15) is 44.7 Å². The van der Waals surface area contributed by atoms with Crippen LogP contribution in [0.15, 0.2) is 46.5 Å². The van der Waals surface area contributed by atoms with Gasteiger partial charge in [-0.3, -0.25) is 19.2 Å². The Bertz CT molecular complexity index is 1840. The van der Waals surface area contributed by atoms with Crippen molar-refractivity contribution >= 4 is 23.3 Å². The second-order valence-corrected chi connectivity index (χ2v) is 16.5. The quantitative estimate of drug-likeness (QED) is 0.0897. The number of phenolic OH excluding ortho intramolecular Hbond substituents is 2. The topological polar surface area (TPSA) is 179 Å². The van der Waals surface area contributed by atoms with E-state index in [0.29, 0.717) is 37.7 Å². The Morgan fingerprint density at radius 2 is 1.65 bits per heavy atom. The fraction of sp³-hybridized carbons (Fsp3) is 0.571. The highest BCUT2D eigenvalue weighted by molar-refractivity contribution is 6.23. The number of allylic oxidation sites excluding steroid dienone is 5. The Morgan fingerprint density at radius 1 is 0.981 bits per heavy atom. The molecule has 10 heteroatoms. The molecular formula is C42H54O10. The number of hydrogen-bond acceptors (Lipinski definition) is 9. The van der Waals surface area contributed by atoms with Crippen molar-refractivity contribution in [3.63, 3.8) is 0 Å². The molecule has 1 aromatic rings. The van der Waals surface area contributed by atoms with Crippen molar-refractivity contribution in [3.05, 3.63) is 63.2 Å². The average molecular weight is 719 g/mol. The maximum Gasteiger partial charge on any atom is 0.309 e. The SMILES string of the molecule is C=C1CCC2C(C)(C(=O)O)CCCC2(C)C1CC=C(C)C1CCc2c(O)c(C(=O)CCC)c(O)c(CC3=C(O)C(C)(C)C(=O)C(C(C)=O)=C3O)c2O1. The van der Waals surface area contributed by atoms with E-state index < -0.39 is 69.5 Å². The van der Waals surface area contributed by atoms with Crippen LogP contribution >= 0.6 is 0 Å². The number of carboxylic acids is 1. The van der Waals surface area contributed by atoms with Crippen molar-refractivity contribution in [2.45, 2.75) is 125 Å². The molecule has 3 aliphatic carbocycles. The molecule has 5 rings (SSSR count). The lowest BCUT2D eigenvalue weighted by molar-refractivity contribution is -0.164. The van der Waals surface area contributed by atoms with Gasteiger partial charge < -0.3 is 30.3 Å². The van der Waals surface area contributed by atoms with Gasteiger partial charge in [0, 0.05) is 29.5 Å². The Hall–Kier alpha value is -4.34. The molecule has 4 aliphatic rings. The molecule has 52 heavy (non-hydrogen) atoms. The zero-order chi connectivity index (χ0) is 38.7. The van der Waals surface area contributed by atoms with E-state index >= 15 is 0 Å². The summed E-state index contributed by atoms with van der Waals surface area (Å²) in [6, 6.07) is 0. The summed E-state index contributed by atoms with van der Waals surface area (Å²) in [6.07, 6.45) is 7.10. The van der Waals surface area contributed by atoms with Crippen molar-refractivity contribution in [2.24, 2.45) is 28.1 Å². The van der Waals surface area contributed by atoms with Gasteiger partial charge in [-0.05, 0) is 109 Å². The zero-order valence-electron chi connectivity index (χ0n) is 31.6. The lowest BCUT2D eigenvalue weighted by Crippen LogP contribution is -2.53. The second kappa shape index (κ2) is 13.9. The van der Waals surface area contributed by atoms with E-state index in [4.69, 9.17) is 4.74 Å². The predicted octanol–water partition coefficient (Wildman–Crippen LogP) is 8.34. The number of phenols is 2. The Labute approximate surface area is 306 Å². The van der Waals surface area contributed by atoms with Gasteiger partial charge in [0.2, 0.25) is 0 Å². The van der Waals surface area contributed by atoms with Gasteiger partial charge >= 0.3 is 5.97 Å². The number of hydrogen-bond donors (Lipinski definition) is 5. The van der Waals surface area contributed by atoms with E-state index in [1.54, 1.807) is 6.92 Å². The number of aromatic hydroxyl groups is 2. The lowest BCUT2D eigenvalue weighted by atomic mass is 9.46. The van der Waals surface area contributed by atoms with Gasteiger partial charge in [-0.1, -0.05) is 38.5 Å². The third-order valence-electron chi connectivity index (χ3n) is 12.9. The molecule has 5 N–H and O–H groups in total. The van der Waals surface area contributed by atoms with Crippen LogP contribution in [0.4, 0.5) is 0 Å². The van der Waals surface area contributed by atoms with Crippen molar-refractivity contribution < 1.29 is 49.4 Å². The predicted molar refractivity (Wildman–Crippen MR) is 196 cm³/mol. The van der Waals surface area contributed by atoms with Crippen LogP contribution in [-0.4, -0.2) is 55.0 Å². The molecule has 5 atom stereocenters. The van der Waals surface area contributed by atoms with E-state index in [1.807, 2.05) is 13.8 Å². The third kappa shape index (κ3) is 6.15. The van der Waals surface area contributed by atoms with Crippen LogP contribution in [0.2, 0.25) is 0 Å². The highest BCUT2D eigenvalue weighted by Crippen LogP contribution is 2.62. The number of aliphatic carboxylic acids is 1. The molecular weight excluding hydrogens is 664 g/mol. The number of aliphatic hydroxyl groups is 2. The van der Waals surface area contributed by atoms with E-state index in [2.05, 4.69) is 19.6 Å². The molecule has 0 amide bonds. The number of Topliss-reactive ketones (excluding diaryl/α,β-unsaturated/α-hetero) is 3. The number of fused-ring (bicyclic) bond motifs is 2. The maximum atomic E-state index is 13.3. The van der Waals surface area contributed by atoms with Crippen molar-refractivity contribution in [1.82, 2.24) is 0 Å². The lowest BCUT2D eigenvalue weighted by Gasteiger charge is -2.57. The van der Waals surface area contributed by atoms with Gasteiger partial charge in [-0.2, -0.15) is 0 Å². The first kappa shape index (κ1) is 38.9. The molecule has 0 radical (unpaired) electrons. The van der Waals surface area contributed by atoms with E-state index in [-0.39, 0.29) is 51.9 Å². The number of carbonyl (C=O) groups is 4. The monoisotopic (exact) mass is 718 g/mol. The van der Waals surface area contributed by atoms with Crippen molar-refractivity contribution in [3.8, 4) is 17.2 Å². The van der Waals surface area contributed by atoms with E-state index in [0.717, 1.165) is 43.8 Å². The molecule has 2 saturated carbocycles. The first-order valence-corrected chi connectivity index (χ1v) is 18.5. The van der Waals surface area contributed by atoms with Crippen molar-refractivity contribution in [1.29, 1.82) is 0 Å². The van der Waals surface area contributed by atoms with Crippen LogP contribution in [-0.2, 0) is 27.2 Å². The molecule has 5 unspecified atom stereocenters. The Morgan fingerprint density at radius 3 is 2.27 bits per heavy atom. The molecule has 2 fully saturated rings. The van der Waals surface area contributed by atoms with Crippen LogP contribution in [0.1, 0.15) is 128 Å². The zero-order valence-corrected chi connectivity index (χ0v) is 31.6. The largest absolute Gasteiger partial charge is 0.511 e. The number of ketones is 3. The molecule has 1 aromatic carbocycles. The summed E-state index contributed by atoms with van der Waals surface area (Å²) in [5.41, 5.74) is -1.12. The Kier molecular flexibility index (Phi) is 10.4. The molecule has 1 aliphatic heterocycles. The van der Waals surface area contributed by atoms with Crippen LogP contribution in [0.25, 0.3) is 0 Å². The highest BCUT2D eigenvalue weighted by Gasteiger charge is 2.57. The molecule has 0 spiro atoms. The van der Waals surface area contributed by atoms with E-state index in [1.165, 1.54) is 13.8 Å². The Balaban J connectivity index is 1.55. The van der Waals surface area contributed by atoms with Gasteiger partial charge in [0.15, 0.2) is 17.3 Å². The number of carboxylic acid groups (broad SMARTS) is 1. The normalized spacial score (nSPS) is 29.0. The number of benzene rings is 1. The summed E-state index contributed by atoms with van der Waals surface area (Å²) >= 11 is 0. The molecule has 0 aromatic heterocycles. The van der Waals surface area contributed by atoms with Gasteiger partial charge in [-0.25, -0.2) is 0 Å². The summed E-state index contributed by atoms with van der Waals surface area (Å²) in [4.78, 5) is 51.4. The second-order valence-electron chi connectivity index (χ2n) is 16.5. The van der Waals surface area contributed by atoms with Gasteiger partial charge in [-0.15, -0.1) is 0 Å². The van der Waals surface area contributed by atoms with Gasteiger partial charge in [0.1, 0.15) is 46.0 Å². The van der Waals surface area contributed by atoms with Crippen LogP contribution < -0.4 is 4.74 Å². The van der Waals surface area contributed by atoms with Gasteiger partial charge in [0.05, 0.1) is 10.8 Å². The van der Waals surface area contributed by atoms with Crippen molar-refractivity contribution in [2.75, 3.05) is 0 Å². The molecule has 282 valence electrons. The highest BCUT2D eigenvalue weighted by atomic mass is 16.5. The molecule has 10 nitrogen and oxygen atoms in total. The molecule has 1 heterocycles. The number of carbonyl (C=O) groups excluding carboxylic acids is 3. The first-order chi connectivity index (χ1) is 24.2. The summed E-state index contributed by atoms with van der Waals surface area (Å²) in [7, 11) is 0. The summed E-state index contributed by atoms with van der Waals surface area (Å²) < 4.78 is 6.57. The average Bonchev–Trinajstić information content (AvgIpc) is 3.06. The van der Waals surface area contributed by atoms with Gasteiger partial charge in [0.25, 0.3) is 0 Å².